The zero-order chi connectivity index (χ0) is 17.8. The molecule has 2 aliphatic heterocycles. The lowest BCUT2D eigenvalue weighted by Gasteiger charge is -2.28. The molecule has 0 saturated heterocycles. The zero-order valence-electron chi connectivity index (χ0n) is 14.3. The summed E-state index contributed by atoms with van der Waals surface area (Å²) in [5, 5.41) is 0. The molecule has 0 bridgehead atoms. The maximum absolute atomic E-state index is 12.7. The van der Waals surface area contributed by atoms with Crippen LogP contribution in [0.3, 0.4) is 0 Å². The average molecular weight is 411 g/mol. The van der Waals surface area contributed by atoms with Crippen LogP contribution in [-0.2, 0) is 6.42 Å². The van der Waals surface area contributed by atoms with Gasteiger partial charge in [-0.05, 0) is 61.6 Å². The predicted molar refractivity (Wildman–Crippen MR) is 104 cm³/mol. The van der Waals surface area contributed by atoms with E-state index in [0.717, 1.165) is 36.7 Å². The van der Waals surface area contributed by atoms with E-state index in [0.29, 0.717) is 17.2 Å². The number of imide groups is 1. The summed E-state index contributed by atoms with van der Waals surface area (Å²) in [7, 11) is 0. The van der Waals surface area contributed by atoms with Crippen LogP contribution in [-0.4, -0.2) is 35.3 Å². The predicted octanol–water partition coefficient (Wildman–Crippen LogP) is 4.03. The van der Waals surface area contributed by atoms with Crippen molar-refractivity contribution in [2.45, 2.75) is 37.8 Å². The van der Waals surface area contributed by atoms with Crippen molar-refractivity contribution in [1.82, 2.24) is 4.90 Å². The first kappa shape index (κ1) is 16.1. The third-order valence-electron chi connectivity index (χ3n) is 5.98. The van der Waals surface area contributed by atoms with Crippen LogP contribution in [0.15, 0.2) is 46.9 Å². The van der Waals surface area contributed by atoms with Gasteiger partial charge in [-0.15, -0.1) is 0 Å². The first-order valence-corrected chi connectivity index (χ1v) is 9.95. The van der Waals surface area contributed by atoms with Crippen molar-refractivity contribution in [1.29, 1.82) is 0 Å². The number of hydrogen-bond acceptors (Lipinski definition) is 3. The van der Waals surface area contributed by atoms with Crippen molar-refractivity contribution >= 4 is 33.4 Å². The Morgan fingerprint density at radius 1 is 0.923 bits per heavy atom. The van der Waals surface area contributed by atoms with E-state index in [1.54, 1.807) is 12.1 Å². The van der Waals surface area contributed by atoms with Gasteiger partial charge < -0.3 is 4.90 Å². The second-order valence-electron chi connectivity index (χ2n) is 7.36. The number of nitrogens with zero attached hydrogens (tertiary/aromatic N) is 2. The van der Waals surface area contributed by atoms with Gasteiger partial charge in [0.2, 0.25) is 0 Å². The third kappa shape index (κ3) is 2.33. The molecule has 4 nitrogen and oxygen atoms in total. The molecular weight excluding hydrogens is 392 g/mol. The quantitative estimate of drug-likeness (QED) is 0.701. The topological polar surface area (TPSA) is 40.6 Å². The highest BCUT2D eigenvalue weighted by molar-refractivity contribution is 9.10. The molecular formula is C21H19BrN2O2. The number of fused-ring (bicyclic) bond motifs is 2. The van der Waals surface area contributed by atoms with Crippen LogP contribution in [0.1, 0.15) is 45.5 Å². The minimum absolute atomic E-state index is 0.00639. The lowest BCUT2D eigenvalue weighted by molar-refractivity contribution is 0.0587. The van der Waals surface area contributed by atoms with Gasteiger partial charge in [0, 0.05) is 28.8 Å². The minimum Gasteiger partial charge on any atom is -0.368 e. The van der Waals surface area contributed by atoms with E-state index in [-0.39, 0.29) is 17.9 Å². The monoisotopic (exact) mass is 410 g/mol. The van der Waals surface area contributed by atoms with E-state index in [1.807, 2.05) is 12.1 Å². The maximum atomic E-state index is 12.7. The van der Waals surface area contributed by atoms with Gasteiger partial charge in [-0.3, -0.25) is 14.5 Å². The van der Waals surface area contributed by atoms with Crippen LogP contribution in [0.2, 0.25) is 0 Å². The van der Waals surface area contributed by atoms with Crippen molar-refractivity contribution in [3.8, 4) is 0 Å². The average Bonchev–Trinajstić information content (AvgIpc) is 3.33. The van der Waals surface area contributed by atoms with Crippen molar-refractivity contribution in [3.63, 3.8) is 0 Å². The smallest absolute Gasteiger partial charge is 0.261 e. The summed E-state index contributed by atoms with van der Waals surface area (Å²) in [6, 6.07) is 14.0. The van der Waals surface area contributed by atoms with Crippen LogP contribution >= 0.6 is 15.9 Å². The van der Waals surface area contributed by atoms with Crippen molar-refractivity contribution < 1.29 is 9.59 Å². The van der Waals surface area contributed by atoms with E-state index < -0.39 is 0 Å². The van der Waals surface area contributed by atoms with Crippen LogP contribution in [0.5, 0.6) is 0 Å². The summed E-state index contributed by atoms with van der Waals surface area (Å²) in [6.45, 7) is 1.02. The molecule has 0 aromatic heterocycles. The number of carbonyl (C=O) groups excluding carboxylic acids is 2. The summed E-state index contributed by atoms with van der Waals surface area (Å²) >= 11 is 3.55. The summed E-state index contributed by atoms with van der Waals surface area (Å²) < 4.78 is 1.12. The molecule has 2 aromatic carbocycles. The maximum Gasteiger partial charge on any atom is 0.261 e. The minimum atomic E-state index is -0.123. The van der Waals surface area contributed by atoms with E-state index in [4.69, 9.17) is 0 Å². The molecule has 0 unspecified atom stereocenters. The van der Waals surface area contributed by atoms with Gasteiger partial charge in [0.1, 0.15) is 0 Å². The van der Waals surface area contributed by atoms with Gasteiger partial charge in [0.25, 0.3) is 11.8 Å². The number of rotatable bonds is 2. The Bertz CT molecular complexity index is 891. The Morgan fingerprint density at radius 3 is 2.35 bits per heavy atom. The largest absolute Gasteiger partial charge is 0.368 e. The summed E-state index contributed by atoms with van der Waals surface area (Å²) in [4.78, 5) is 29.5. The van der Waals surface area contributed by atoms with Gasteiger partial charge in [0.05, 0.1) is 11.1 Å². The molecule has 3 aliphatic rings. The molecule has 5 heteroatoms. The molecule has 132 valence electrons. The Kier molecular flexibility index (Phi) is 3.67. The van der Waals surface area contributed by atoms with Crippen LogP contribution in [0.4, 0.5) is 5.69 Å². The van der Waals surface area contributed by atoms with Crippen LogP contribution in [0.25, 0.3) is 0 Å². The number of anilines is 1. The number of carbonyl (C=O) groups is 2. The van der Waals surface area contributed by atoms with Gasteiger partial charge in [-0.25, -0.2) is 0 Å². The highest BCUT2D eigenvalue weighted by atomic mass is 79.9. The Balaban J connectivity index is 1.37. The Labute approximate surface area is 160 Å². The Hall–Kier alpha value is -2.14. The fourth-order valence-corrected chi connectivity index (χ4v) is 5.18. The normalized spacial score (nSPS) is 24.3. The van der Waals surface area contributed by atoms with Gasteiger partial charge in [-0.2, -0.15) is 0 Å². The van der Waals surface area contributed by atoms with Crippen molar-refractivity contribution in [2.75, 3.05) is 11.4 Å². The first-order chi connectivity index (χ1) is 12.6. The molecule has 2 amide bonds. The van der Waals surface area contributed by atoms with Gasteiger partial charge in [-0.1, -0.05) is 28.1 Å². The molecule has 2 aromatic rings. The van der Waals surface area contributed by atoms with Crippen molar-refractivity contribution in [2.24, 2.45) is 0 Å². The first-order valence-electron chi connectivity index (χ1n) is 9.15. The summed E-state index contributed by atoms with van der Waals surface area (Å²) in [5.74, 6) is -0.246. The number of benzene rings is 2. The number of hydrogen-bond donors (Lipinski definition) is 0. The molecule has 26 heavy (non-hydrogen) atoms. The highest BCUT2D eigenvalue weighted by Gasteiger charge is 2.44. The SMILES string of the molecule is O=C1c2ccccc2C(=O)N1[C@H]1CC[C@H](N2CCc3cc(Br)ccc32)C1. The van der Waals surface area contributed by atoms with Crippen LogP contribution in [0, 0.1) is 0 Å². The number of amides is 2. The molecule has 0 spiro atoms. The summed E-state index contributed by atoms with van der Waals surface area (Å²) in [6.07, 6.45) is 3.83. The molecule has 1 fully saturated rings. The molecule has 0 N–H and O–H groups in total. The van der Waals surface area contributed by atoms with Crippen molar-refractivity contribution in [3.05, 3.63) is 63.6 Å². The summed E-state index contributed by atoms with van der Waals surface area (Å²) in [5.41, 5.74) is 3.79. The molecule has 1 aliphatic carbocycles. The third-order valence-corrected chi connectivity index (χ3v) is 6.47. The van der Waals surface area contributed by atoms with E-state index in [2.05, 4.69) is 39.0 Å². The van der Waals surface area contributed by atoms with E-state index >= 15 is 0 Å². The molecule has 1 saturated carbocycles. The molecule has 5 rings (SSSR count). The van der Waals surface area contributed by atoms with E-state index in [1.165, 1.54) is 16.2 Å². The molecule has 2 heterocycles. The number of halogens is 1. The molecule has 2 atom stereocenters. The lowest BCUT2D eigenvalue weighted by Crippen LogP contribution is -2.40. The van der Waals surface area contributed by atoms with Crippen LogP contribution < -0.4 is 4.90 Å². The van der Waals surface area contributed by atoms with Gasteiger partial charge in [0.15, 0.2) is 0 Å². The fourth-order valence-electron chi connectivity index (χ4n) is 4.77. The highest BCUT2D eigenvalue weighted by Crippen LogP contribution is 2.39. The lowest BCUT2D eigenvalue weighted by atomic mass is 10.1. The Morgan fingerprint density at radius 2 is 1.62 bits per heavy atom. The van der Waals surface area contributed by atoms with E-state index in [9.17, 15) is 9.59 Å². The molecule has 0 radical (unpaired) electrons. The standard InChI is InChI=1S/C21H19BrN2O2/c22-14-5-8-19-13(11-14)9-10-23(19)15-6-7-16(12-15)24-20(25)17-3-1-2-4-18(17)21(24)26/h1-5,8,11,15-16H,6-7,9-10,12H2/t15-,16-/m0/s1. The second kappa shape index (κ2) is 5.95. The zero-order valence-corrected chi connectivity index (χ0v) is 15.9. The van der Waals surface area contributed by atoms with Gasteiger partial charge >= 0.3 is 0 Å². The fraction of sp³-hybridized carbons (Fsp3) is 0.333. The second-order valence-corrected chi connectivity index (χ2v) is 8.28.